The van der Waals surface area contributed by atoms with Crippen molar-refractivity contribution in [3.8, 4) is 16.6 Å². The summed E-state index contributed by atoms with van der Waals surface area (Å²) >= 11 is 1.73. The maximum absolute atomic E-state index is 9.43. The number of fused-ring (bicyclic) bond motifs is 2. The van der Waals surface area contributed by atoms with Crippen molar-refractivity contribution in [3.05, 3.63) is 156 Å². The van der Waals surface area contributed by atoms with Gasteiger partial charge in [0, 0.05) is 40.4 Å². The van der Waals surface area contributed by atoms with Gasteiger partial charge in [0.05, 0.1) is 28.2 Å². The molecule has 45 heavy (non-hydrogen) atoms. The average molecular weight is 603 g/mol. The summed E-state index contributed by atoms with van der Waals surface area (Å²) in [5, 5.41) is 10.5. The molecule has 0 N–H and O–H groups in total. The molecule has 0 spiro atoms. The molecule has 3 heterocycles. The molecule has 5 heteroatoms. The monoisotopic (exact) mass is 602 g/mol. The molecule has 0 aliphatic heterocycles. The first-order valence-electron chi connectivity index (χ1n) is 15.4. The molecule has 2 atom stereocenters. The molecular weight excluding hydrogens is 569 g/mol. The molecule has 0 bridgehead atoms. The van der Waals surface area contributed by atoms with Crippen molar-refractivity contribution in [2.45, 2.75) is 32.7 Å². The number of aromatic nitrogens is 2. The minimum absolute atomic E-state index is 0.0596. The first-order chi connectivity index (χ1) is 22.1. The van der Waals surface area contributed by atoms with Crippen molar-refractivity contribution >= 4 is 38.3 Å². The number of rotatable bonds is 7. The van der Waals surface area contributed by atoms with Crippen molar-refractivity contribution in [2.24, 2.45) is 5.92 Å². The molecule has 0 saturated heterocycles. The third-order valence-corrected chi connectivity index (χ3v) is 9.73. The number of benzene rings is 2. The highest BCUT2D eigenvalue weighted by atomic mass is 32.1. The predicted molar refractivity (Wildman–Crippen MR) is 189 cm³/mol. The Labute approximate surface area is 268 Å². The summed E-state index contributed by atoms with van der Waals surface area (Å²) in [6.45, 7) is 4.32. The fourth-order valence-corrected chi connectivity index (χ4v) is 7.11. The molecule has 2 aliphatic rings. The lowest BCUT2D eigenvalue weighted by atomic mass is 9.91. The first-order valence-corrected chi connectivity index (χ1v) is 16.2. The van der Waals surface area contributed by atoms with Gasteiger partial charge in [-0.15, -0.1) is 11.3 Å². The molecule has 5 aromatic rings. The molecule has 2 aromatic carbocycles. The number of anilines is 1. The number of thiazole rings is 1. The van der Waals surface area contributed by atoms with Crippen molar-refractivity contribution in [2.75, 3.05) is 4.90 Å². The number of hydrogen-bond acceptors (Lipinski definition) is 4. The Kier molecular flexibility index (Phi) is 7.90. The van der Waals surface area contributed by atoms with E-state index >= 15 is 0 Å². The van der Waals surface area contributed by atoms with Crippen LogP contribution in [-0.4, -0.2) is 15.4 Å². The Hall–Kier alpha value is -5.18. The SMILES string of the molecule is C/C(=C\C=C(/C)N(c1ccc(-c2nc3ccccc3s2)cc1)C1C=CC(c2cc3ccccn3c2)=CC1)C1=CC=CC(C#N)C1. The lowest BCUT2D eigenvalue weighted by Crippen LogP contribution is -2.32. The summed E-state index contributed by atoms with van der Waals surface area (Å²) in [5.41, 5.74) is 10.6. The Morgan fingerprint density at radius 3 is 2.62 bits per heavy atom. The molecule has 220 valence electrons. The van der Waals surface area contributed by atoms with Gasteiger partial charge in [-0.2, -0.15) is 5.26 Å². The summed E-state index contributed by atoms with van der Waals surface area (Å²) in [6.07, 6.45) is 23.4. The lowest BCUT2D eigenvalue weighted by molar-refractivity contribution is 0.754. The number of para-hydroxylation sites is 1. The minimum Gasteiger partial charge on any atom is -0.338 e. The summed E-state index contributed by atoms with van der Waals surface area (Å²) in [4.78, 5) is 7.30. The number of nitriles is 1. The zero-order valence-corrected chi connectivity index (χ0v) is 26.3. The van der Waals surface area contributed by atoms with Gasteiger partial charge in [-0.25, -0.2) is 4.98 Å². The highest BCUT2D eigenvalue weighted by Gasteiger charge is 2.21. The maximum Gasteiger partial charge on any atom is 0.124 e. The van der Waals surface area contributed by atoms with Crippen LogP contribution >= 0.6 is 11.3 Å². The van der Waals surface area contributed by atoms with Crippen molar-refractivity contribution in [1.29, 1.82) is 5.26 Å². The van der Waals surface area contributed by atoms with Gasteiger partial charge in [0.1, 0.15) is 5.01 Å². The summed E-state index contributed by atoms with van der Waals surface area (Å²) in [7, 11) is 0. The van der Waals surface area contributed by atoms with Crippen molar-refractivity contribution in [1.82, 2.24) is 9.38 Å². The van der Waals surface area contributed by atoms with Gasteiger partial charge in [-0.3, -0.25) is 0 Å². The van der Waals surface area contributed by atoms with Crippen LogP contribution < -0.4 is 4.90 Å². The number of allylic oxidation sites excluding steroid dienone is 10. The van der Waals surface area contributed by atoms with E-state index in [0.29, 0.717) is 0 Å². The van der Waals surface area contributed by atoms with Gasteiger partial charge >= 0.3 is 0 Å². The van der Waals surface area contributed by atoms with E-state index in [1.165, 1.54) is 32.5 Å². The van der Waals surface area contributed by atoms with E-state index in [0.717, 1.165) is 40.3 Å². The molecule has 4 nitrogen and oxygen atoms in total. The zero-order valence-electron chi connectivity index (χ0n) is 25.5. The highest BCUT2D eigenvalue weighted by Crippen LogP contribution is 2.34. The molecule has 2 unspecified atom stereocenters. The lowest BCUT2D eigenvalue weighted by Gasteiger charge is -2.34. The Morgan fingerprint density at radius 2 is 1.84 bits per heavy atom. The minimum atomic E-state index is -0.0596. The van der Waals surface area contributed by atoms with Crippen LogP contribution in [0, 0.1) is 17.2 Å². The summed E-state index contributed by atoms with van der Waals surface area (Å²) in [5.74, 6) is -0.0596. The van der Waals surface area contributed by atoms with E-state index in [1.807, 2.05) is 18.2 Å². The van der Waals surface area contributed by atoms with Crippen LogP contribution in [0.1, 0.15) is 32.3 Å². The molecule has 0 saturated carbocycles. The van der Waals surface area contributed by atoms with E-state index < -0.39 is 0 Å². The second kappa shape index (κ2) is 12.4. The first kappa shape index (κ1) is 28.6. The Morgan fingerprint density at radius 1 is 1.00 bits per heavy atom. The molecule has 7 rings (SSSR count). The quantitative estimate of drug-likeness (QED) is 0.174. The standard InChI is InChI=1S/C40H34N4S/c1-28(33-9-7-8-30(24-33)26-41)13-14-29(2)44(35-19-15-31(16-20-35)34-25-37-10-5-6-23-43(37)27-34)36-21-17-32(18-22-36)40-42-38-11-3-4-12-39(38)45-40/h3-19,21-23,25,27,30,35H,20,24H2,1-2H3/b28-13+,29-14+. The fraction of sp³-hybridized carbons (Fsp3) is 0.150. The maximum atomic E-state index is 9.43. The summed E-state index contributed by atoms with van der Waals surface area (Å²) < 4.78 is 3.38. The molecule has 0 amide bonds. The normalized spacial score (nSPS) is 18.6. The summed E-state index contributed by atoms with van der Waals surface area (Å²) in [6, 6.07) is 28.2. The third kappa shape index (κ3) is 5.98. The van der Waals surface area contributed by atoms with Crippen LogP contribution in [0.4, 0.5) is 5.69 Å². The van der Waals surface area contributed by atoms with Gasteiger partial charge in [-0.1, -0.05) is 60.7 Å². The second-order valence-electron chi connectivity index (χ2n) is 11.7. The van der Waals surface area contributed by atoms with Crippen molar-refractivity contribution < 1.29 is 0 Å². The molecular formula is C40H34N4S. The van der Waals surface area contributed by atoms with Crippen LogP contribution in [0.15, 0.2) is 151 Å². The van der Waals surface area contributed by atoms with Gasteiger partial charge < -0.3 is 9.30 Å². The third-order valence-electron chi connectivity index (χ3n) is 8.64. The van der Waals surface area contributed by atoms with E-state index in [2.05, 4.69) is 145 Å². The van der Waals surface area contributed by atoms with Crippen LogP contribution in [0.2, 0.25) is 0 Å². The van der Waals surface area contributed by atoms with Crippen LogP contribution in [0.3, 0.4) is 0 Å². The zero-order chi connectivity index (χ0) is 30.8. The Balaban J connectivity index is 1.19. The smallest absolute Gasteiger partial charge is 0.124 e. The number of pyridine rings is 1. The number of hydrogen-bond donors (Lipinski definition) is 0. The largest absolute Gasteiger partial charge is 0.338 e. The molecule has 2 aliphatic carbocycles. The molecule has 3 aromatic heterocycles. The van der Waals surface area contributed by atoms with Crippen LogP contribution in [0.25, 0.3) is 31.9 Å². The van der Waals surface area contributed by atoms with Crippen LogP contribution in [0.5, 0.6) is 0 Å². The average Bonchev–Trinajstić information content (AvgIpc) is 3.73. The Bertz CT molecular complexity index is 2040. The second-order valence-corrected chi connectivity index (χ2v) is 12.7. The number of nitrogens with zero attached hydrogens (tertiary/aromatic N) is 4. The van der Waals surface area contributed by atoms with Crippen LogP contribution in [-0.2, 0) is 0 Å². The van der Waals surface area contributed by atoms with Gasteiger partial charge in [0.15, 0.2) is 0 Å². The molecule has 0 fully saturated rings. The topological polar surface area (TPSA) is 44.3 Å². The van der Waals surface area contributed by atoms with Gasteiger partial charge in [-0.05, 0) is 104 Å². The molecule has 0 radical (unpaired) electrons. The van der Waals surface area contributed by atoms with Gasteiger partial charge in [0.2, 0.25) is 0 Å². The fourth-order valence-electron chi connectivity index (χ4n) is 6.14. The van der Waals surface area contributed by atoms with E-state index in [-0.39, 0.29) is 12.0 Å². The highest BCUT2D eigenvalue weighted by molar-refractivity contribution is 7.21. The van der Waals surface area contributed by atoms with Crippen molar-refractivity contribution in [3.63, 3.8) is 0 Å². The van der Waals surface area contributed by atoms with Gasteiger partial charge in [0.25, 0.3) is 0 Å². The predicted octanol–water partition coefficient (Wildman–Crippen LogP) is 10.3. The van der Waals surface area contributed by atoms with E-state index in [1.54, 1.807) is 11.3 Å². The van der Waals surface area contributed by atoms with E-state index in [9.17, 15) is 5.26 Å². The van der Waals surface area contributed by atoms with E-state index in [4.69, 9.17) is 4.98 Å².